The molecule has 0 aliphatic carbocycles. The summed E-state index contributed by atoms with van der Waals surface area (Å²) in [7, 11) is 0. The van der Waals surface area contributed by atoms with Crippen LogP contribution in [-0.4, -0.2) is 32.5 Å². The van der Waals surface area contributed by atoms with Gasteiger partial charge in [0.15, 0.2) is 5.16 Å². The predicted molar refractivity (Wildman–Crippen MR) is 84.6 cm³/mol. The first kappa shape index (κ1) is 15.3. The lowest BCUT2D eigenvalue weighted by Gasteiger charge is -2.12. The number of carbonyl (C=O) groups excluding carboxylic acids is 1. The number of aryl methyl sites for hydroxylation is 1. The molecule has 1 heterocycles. The fourth-order valence-corrected chi connectivity index (χ4v) is 2.76. The van der Waals surface area contributed by atoms with E-state index in [0.29, 0.717) is 11.7 Å². The van der Waals surface area contributed by atoms with Gasteiger partial charge in [-0.3, -0.25) is 9.36 Å². The van der Waals surface area contributed by atoms with Crippen molar-refractivity contribution in [3.8, 4) is 5.69 Å². The number of carbonyl (C=O) groups is 1. The Kier molecular flexibility index (Phi) is 5.16. The van der Waals surface area contributed by atoms with Crippen LogP contribution < -0.4 is 5.32 Å². The Labute approximate surface area is 128 Å². The topological polar surface area (TPSA) is 59.8 Å². The van der Waals surface area contributed by atoms with Crippen molar-refractivity contribution in [1.29, 1.82) is 0 Å². The summed E-state index contributed by atoms with van der Waals surface area (Å²) in [6.07, 6.45) is 1.66. The fourth-order valence-electron chi connectivity index (χ4n) is 1.82. The second-order valence-electron chi connectivity index (χ2n) is 4.49. The number of hydrogen-bond acceptors (Lipinski definition) is 4. The molecule has 21 heavy (non-hydrogen) atoms. The maximum absolute atomic E-state index is 11.9. The van der Waals surface area contributed by atoms with E-state index in [2.05, 4.69) is 22.1 Å². The molecule has 0 spiro atoms. The van der Waals surface area contributed by atoms with E-state index in [0.717, 1.165) is 11.5 Å². The van der Waals surface area contributed by atoms with Crippen molar-refractivity contribution < 1.29 is 4.79 Å². The Balaban J connectivity index is 2.18. The van der Waals surface area contributed by atoms with E-state index < -0.39 is 0 Å². The average Bonchev–Trinajstić information content (AvgIpc) is 2.86. The van der Waals surface area contributed by atoms with Crippen molar-refractivity contribution >= 4 is 17.7 Å². The molecular weight excluding hydrogens is 284 g/mol. The molecule has 0 aliphatic rings. The smallest absolute Gasteiger partial charge is 0.233 e. The van der Waals surface area contributed by atoms with Gasteiger partial charge >= 0.3 is 0 Å². The number of amides is 1. The Morgan fingerprint density at radius 3 is 2.81 bits per heavy atom. The number of benzene rings is 1. The lowest BCUT2D eigenvalue weighted by Crippen LogP contribution is -2.31. The van der Waals surface area contributed by atoms with Gasteiger partial charge in [-0.05, 0) is 26.0 Å². The molecule has 2 aromatic rings. The molecule has 6 heteroatoms. The second-order valence-corrected chi connectivity index (χ2v) is 5.80. The van der Waals surface area contributed by atoms with E-state index in [1.807, 2.05) is 48.7 Å². The lowest BCUT2D eigenvalue weighted by atomic mass is 10.3. The molecule has 1 atom stereocenters. The molecule has 1 aromatic heterocycles. The molecule has 0 saturated heterocycles. The van der Waals surface area contributed by atoms with Gasteiger partial charge in [-0.2, -0.15) is 0 Å². The van der Waals surface area contributed by atoms with Gasteiger partial charge in [0, 0.05) is 12.2 Å². The third-order valence-corrected chi connectivity index (χ3v) is 3.92. The highest BCUT2D eigenvalue weighted by molar-refractivity contribution is 8.00. The molecular formula is C15H18N4OS. The molecule has 5 nitrogen and oxygen atoms in total. The van der Waals surface area contributed by atoms with Crippen LogP contribution in [0, 0.1) is 6.92 Å². The van der Waals surface area contributed by atoms with Gasteiger partial charge in [-0.15, -0.1) is 16.8 Å². The van der Waals surface area contributed by atoms with Crippen LogP contribution >= 0.6 is 11.8 Å². The molecule has 0 bridgehead atoms. The van der Waals surface area contributed by atoms with Crippen LogP contribution in [0.4, 0.5) is 0 Å². The van der Waals surface area contributed by atoms with E-state index >= 15 is 0 Å². The van der Waals surface area contributed by atoms with E-state index in [4.69, 9.17) is 0 Å². The first-order valence-electron chi connectivity index (χ1n) is 6.66. The minimum Gasteiger partial charge on any atom is -0.352 e. The van der Waals surface area contributed by atoms with Crippen molar-refractivity contribution in [2.75, 3.05) is 6.54 Å². The zero-order chi connectivity index (χ0) is 15.2. The summed E-state index contributed by atoms with van der Waals surface area (Å²) in [5.74, 6) is 0.752. The Hall–Kier alpha value is -2.08. The van der Waals surface area contributed by atoms with E-state index in [-0.39, 0.29) is 11.2 Å². The molecule has 1 aromatic carbocycles. The van der Waals surface area contributed by atoms with Gasteiger partial charge in [-0.1, -0.05) is 36.0 Å². The number of nitrogens with one attached hydrogen (secondary N) is 1. The first-order valence-corrected chi connectivity index (χ1v) is 7.54. The van der Waals surface area contributed by atoms with Gasteiger partial charge in [0.05, 0.1) is 5.25 Å². The largest absolute Gasteiger partial charge is 0.352 e. The van der Waals surface area contributed by atoms with Crippen LogP contribution in [0.2, 0.25) is 0 Å². The zero-order valence-corrected chi connectivity index (χ0v) is 12.9. The summed E-state index contributed by atoms with van der Waals surface area (Å²) in [6.45, 7) is 7.80. The molecule has 0 aliphatic heterocycles. The quantitative estimate of drug-likeness (QED) is 0.657. The zero-order valence-electron chi connectivity index (χ0n) is 12.1. The van der Waals surface area contributed by atoms with E-state index in [9.17, 15) is 4.79 Å². The SMILES string of the molecule is C=CCNC(=O)[C@@H](C)Sc1nnc(C)n1-c1ccccc1. The highest BCUT2D eigenvalue weighted by Gasteiger charge is 2.19. The summed E-state index contributed by atoms with van der Waals surface area (Å²) in [5, 5.41) is 11.5. The summed E-state index contributed by atoms with van der Waals surface area (Å²) in [4.78, 5) is 11.9. The third-order valence-electron chi connectivity index (χ3n) is 2.88. The lowest BCUT2D eigenvalue weighted by molar-refractivity contribution is -0.120. The van der Waals surface area contributed by atoms with Crippen molar-refractivity contribution in [2.45, 2.75) is 24.3 Å². The second kappa shape index (κ2) is 7.08. The number of nitrogens with zero attached hydrogens (tertiary/aromatic N) is 3. The molecule has 0 fully saturated rings. The number of aromatic nitrogens is 3. The standard InChI is InChI=1S/C15H18N4OS/c1-4-10-16-14(20)11(2)21-15-18-17-12(3)19(15)13-8-6-5-7-9-13/h4-9,11H,1,10H2,2-3H3,(H,16,20)/t11-/m1/s1. The van der Waals surface area contributed by atoms with E-state index in [1.54, 1.807) is 6.08 Å². The van der Waals surface area contributed by atoms with E-state index in [1.165, 1.54) is 11.8 Å². The molecule has 0 saturated carbocycles. The molecule has 1 N–H and O–H groups in total. The third kappa shape index (κ3) is 3.72. The monoisotopic (exact) mass is 302 g/mol. The molecule has 0 radical (unpaired) electrons. The van der Waals surface area contributed by atoms with Crippen molar-refractivity contribution in [3.63, 3.8) is 0 Å². The van der Waals surface area contributed by atoms with Gasteiger partial charge in [0.2, 0.25) is 5.91 Å². The normalized spacial score (nSPS) is 11.9. The van der Waals surface area contributed by atoms with Gasteiger partial charge < -0.3 is 5.32 Å². The maximum Gasteiger partial charge on any atom is 0.233 e. The first-order chi connectivity index (χ1) is 10.1. The van der Waals surface area contributed by atoms with Gasteiger partial charge in [0.25, 0.3) is 0 Å². The van der Waals surface area contributed by atoms with Crippen LogP contribution in [0.15, 0.2) is 48.1 Å². The molecule has 1 amide bonds. The highest BCUT2D eigenvalue weighted by atomic mass is 32.2. The highest BCUT2D eigenvalue weighted by Crippen LogP contribution is 2.25. The molecule has 110 valence electrons. The Morgan fingerprint density at radius 1 is 1.43 bits per heavy atom. The molecule has 0 unspecified atom stereocenters. The minimum absolute atomic E-state index is 0.0415. The minimum atomic E-state index is -0.254. The van der Waals surface area contributed by atoms with Crippen molar-refractivity contribution in [3.05, 3.63) is 48.8 Å². The van der Waals surface area contributed by atoms with Crippen LogP contribution in [0.5, 0.6) is 0 Å². The number of hydrogen-bond donors (Lipinski definition) is 1. The Morgan fingerprint density at radius 2 is 2.14 bits per heavy atom. The number of rotatable bonds is 6. The maximum atomic E-state index is 11.9. The van der Waals surface area contributed by atoms with Crippen LogP contribution in [-0.2, 0) is 4.79 Å². The summed E-state index contributed by atoms with van der Waals surface area (Å²) < 4.78 is 1.95. The summed E-state index contributed by atoms with van der Waals surface area (Å²) in [5.41, 5.74) is 0.987. The summed E-state index contributed by atoms with van der Waals surface area (Å²) >= 11 is 1.39. The fraction of sp³-hybridized carbons (Fsp3) is 0.267. The van der Waals surface area contributed by atoms with Crippen LogP contribution in [0.3, 0.4) is 0 Å². The van der Waals surface area contributed by atoms with Gasteiger partial charge in [0.1, 0.15) is 5.82 Å². The molecule has 2 rings (SSSR count). The number of thioether (sulfide) groups is 1. The van der Waals surface area contributed by atoms with Crippen molar-refractivity contribution in [1.82, 2.24) is 20.1 Å². The predicted octanol–water partition coefficient (Wildman–Crippen LogP) is 2.36. The Bertz CT molecular complexity index is 624. The summed E-state index contributed by atoms with van der Waals surface area (Å²) in [6, 6.07) is 9.86. The van der Waals surface area contributed by atoms with Crippen molar-refractivity contribution in [2.24, 2.45) is 0 Å². The number of para-hydroxylation sites is 1. The van der Waals surface area contributed by atoms with Crippen LogP contribution in [0.1, 0.15) is 12.7 Å². The van der Waals surface area contributed by atoms with Crippen LogP contribution in [0.25, 0.3) is 5.69 Å². The van der Waals surface area contributed by atoms with Gasteiger partial charge in [-0.25, -0.2) is 0 Å². The average molecular weight is 302 g/mol.